The second kappa shape index (κ2) is 8.09. The van der Waals surface area contributed by atoms with Crippen LogP contribution in [0.1, 0.15) is 80.3 Å². The molecule has 1 aliphatic rings. The molecule has 0 bridgehead atoms. The molecule has 0 spiro atoms. The van der Waals surface area contributed by atoms with Gasteiger partial charge in [-0.15, -0.1) is 0 Å². The van der Waals surface area contributed by atoms with Crippen molar-refractivity contribution in [2.24, 2.45) is 0 Å². The highest BCUT2D eigenvalue weighted by atomic mass is 16.5. The number of amides is 1. The second-order valence-corrected chi connectivity index (χ2v) is 8.54. The molecule has 2 aromatic heterocycles. The molecule has 0 atom stereocenters. The summed E-state index contributed by atoms with van der Waals surface area (Å²) in [4.78, 5) is 22.4. The SMILES string of the molecule is CCCOc1cccc(C(C)(C)NC(=O)c2ncn3c(C4CC4)cc(CC)nc23)c1. The molecule has 1 fully saturated rings. The number of aromatic nitrogens is 3. The third-order valence-corrected chi connectivity index (χ3v) is 5.61. The molecule has 4 rings (SSSR count). The molecule has 1 N–H and O–H groups in total. The summed E-state index contributed by atoms with van der Waals surface area (Å²) < 4.78 is 7.74. The molecule has 158 valence electrons. The smallest absolute Gasteiger partial charge is 0.274 e. The number of ether oxygens (including phenoxy) is 1. The van der Waals surface area contributed by atoms with E-state index in [4.69, 9.17) is 9.72 Å². The summed E-state index contributed by atoms with van der Waals surface area (Å²) in [6.45, 7) is 8.81. The van der Waals surface area contributed by atoms with E-state index in [2.05, 4.69) is 30.2 Å². The monoisotopic (exact) mass is 406 g/mol. The maximum atomic E-state index is 13.2. The highest BCUT2D eigenvalue weighted by Crippen LogP contribution is 2.40. The summed E-state index contributed by atoms with van der Waals surface area (Å²) in [5.74, 6) is 1.14. The standard InChI is InChI=1S/C24H30N4O2/c1-5-12-30-19-9-7-8-17(13-19)24(3,4)27-23(29)21-22-26-18(6-2)14-20(16-10-11-16)28(22)15-25-21/h7-9,13-16H,5-6,10-12H2,1-4H3,(H,27,29). The summed E-state index contributed by atoms with van der Waals surface area (Å²) in [7, 11) is 0. The van der Waals surface area contributed by atoms with Gasteiger partial charge in [0, 0.05) is 11.4 Å². The molecule has 0 unspecified atom stereocenters. The quantitative estimate of drug-likeness (QED) is 0.592. The van der Waals surface area contributed by atoms with E-state index in [1.54, 1.807) is 6.33 Å². The number of rotatable bonds is 8. The normalized spacial score (nSPS) is 14.1. The molecule has 1 aliphatic carbocycles. The van der Waals surface area contributed by atoms with E-state index in [0.717, 1.165) is 29.8 Å². The van der Waals surface area contributed by atoms with Gasteiger partial charge in [-0.05, 0) is 69.2 Å². The van der Waals surface area contributed by atoms with Crippen LogP contribution in [0.3, 0.4) is 0 Å². The van der Waals surface area contributed by atoms with Gasteiger partial charge >= 0.3 is 0 Å². The van der Waals surface area contributed by atoms with Gasteiger partial charge in [0.1, 0.15) is 12.1 Å². The van der Waals surface area contributed by atoms with Crippen molar-refractivity contribution in [3.63, 3.8) is 0 Å². The van der Waals surface area contributed by atoms with Crippen LogP contribution in [0, 0.1) is 0 Å². The lowest BCUT2D eigenvalue weighted by molar-refractivity contribution is 0.0908. The molecule has 3 aromatic rings. The van der Waals surface area contributed by atoms with Crippen molar-refractivity contribution in [3.8, 4) is 5.75 Å². The van der Waals surface area contributed by atoms with Crippen LogP contribution in [0.2, 0.25) is 0 Å². The predicted molar refractivity (Wildman–Crippen MR) is 117 cm³/mol. The van der Waals surface area contributed by atoms with Gasteiger partial charge in [-0.3, -0.25) is 9.20 Å². The Morgan fingerprint density at radius 1 is 1.27 bits per heavy atom. The fourth-order valence-electron chi connectivity index (χ4n) is 3.69. The zero-order valence-corrected chi connectivity index (χ0v) is 18.2. The van der Waals surface area contributed by atoms with Crippen LogP contribution in [0.4, 0.5) is 0 Å². The molecule has 1 amide bonds. The van der Waals surface area contributed by atoms with Crippen molar-refractivity contribution in [1.29, 1.82) is 0 Å². The fraction of sp³-hybridized carbons (Fsp3) is 0.458. The number of carbonyl (C=O) groups is 1. The van der Waals surface area contributed by atoms with E-state index in [1.165, 1.54) is 18.5 Å². The van der Waals surface area contributed by atoms with Crippen LogP contribution in [0.25, 0.3) is 5.65 Å². The number of hydrogen-bond acceptors (Lipinski definition) is 4. The molecule has 0 aliphatic heterocycles. The van der Waals surface area contributed by atoms with Crippen molar-refractivity contribution in [2.45, 2.75) is 64.8 Å². The maximum Gasteiger partial charge on any atom is 0.274 e. The van der Waals surface area contributed by atoms with Gasteiger partial charge in [-0.2, -0.15) is 0 Å². The number of carbonyl (C=O) groups excluding carboxylic acids is 1. The first-order valence-corrected chi connectivity index (χ1v) is 10.9. The minimum atomic E-state index is -0.583. The van der Waals surface area contributed by atoms with E-state index < -0.39 is 5.54 Å². The summed E-state index contributed by atoms with van der Waals surface area (Å²) in [5, 5.41) is 3.14. The molecule has 2 heterocycles. The Morgan fingerprint density at radius 3 is 2.77 bits per heavy atom. The van der Waals surface area contributed by atoms with Gasteiger partial charge in [0.15, 0.2) is 11.3 Å². The second-order valence-electron chi connectivity index (χ2n) is 8.54. The Balaban J connectivity index is 1.62. The van der Waals surface area contributed by atoms with E-state index in [0.29, 0.717) is 23.9 Å². The van der Waals surface area contributed by atoms with Crippen molar-refractivity contribution in [1.82, 2.24) is 19.7 Å². The molecule has 6 heteroatoms. The molecule has 0 radical (unpaired) electrons. The lowest BCUT2D eigenvalue weighted by Crippen LogP contribution is -2.41. The molecule has 1 aromatic carbocycles. The molecule has 0 saturated heterocycles. The summed E-state index contributed by atoms with van der Waals surface area (Å²) >= 11 is 0. The summed E-state index contributed by atoms with van der Waals surface area (Å²) in [5.41, 5.74) is 3.62. The first kappa shape index (κ1) is 20.4. The molecule has 1 saturated carbocycles. The highest BCUT2D eigenvalue weighted by Gasteiger charge is 2.30. The van der Waals surface area contributed by atoms with Crippen molar-refractivity contribution < 1.29 is 9.53 Å². The lowest BCUT2D eigenvalue weighted by Gasteiger charge is -2.27. The number of hydrogen-bond donors (Lipinski definition) is 1. The van der Waals surface area contributed by atoms with Gasteiger partial charge in [-0.1, -0.05) is 26.0 Å². The van der Waals surface area contributed by atoms with Crippen LogP contribution in [-0.2, 0) is 12.0 Å². The van der Waals surface area contributed by atoms with E-state index in [9.17, 15) is 4.79 Å². The number of imidazole rings is 1. The third kappa shape index (κ3) is 4.04. The first-order valence-electron chi connectivity index (χ1n) is 10.9. The van der Waals surface area contributed by atoms with Gasteiger partial charge in [-0.25, -0.2) is 9.97 Å². The predicted octanol–water partition coefficient (Wildman–Crippen LogP) is 4.62. The number of nitrogens with zero attached hydrogens (tertiary/aromatic N) is 3. The number of benzene rings is 1. The van der Waals surface area contributed by atoms with Gasteiger partial charge in [0.2, 0.25) is 0 Å². The Kier molecular flexibility index (Phi) is 5.50. The Morgan fingerprint density at radius 2 is 2.07 bits per heavy atom. The minimum Gasteiger partial charge on any atom is -0.494 e. The number of nitrogens with one attached hydrogen (secondary N) is 1. The number of fused-ring (bicyclic) bond motifs is 1. The fourth-order valence-corrected chi connectivity index (χ4v) is 3.69. The van der Waals surface area contributed by atoms with Gasteiger partial charge in [0.05, 0.1) is 12.1 Å². The third-order valence-electron chi connectivity index (χ3n) is 5.61. The first-order chi connectivity index (χ1) is 14.4. The Hall–Kier alpha value is -2.89. The lowest BCUT2D eigenvalue weighted by atomic mass is 9.94. The van der Waals surface area contributed by atoms with E-state index in [-0.39, 0.29) is 5.91 Å². The van der Waals surface area contributed by atoms with Crippen LogP contribution < -0.4 is 10.1 Å². The van der Waals surface area contributed by atoms with E-state index >= 15 is 0 Å². The topological polar surface area (TPSA) is 68.5 Å². The average Bonchev–Trinajstić information content (AvgIpc) is 3.49. The van der Waals surface area contributed by atoms with Crippen LogP contribution >= 0.6 is 0 Å². The largest absolute Gasteiger partial charge is 0.494 e. The average molecular weight is 407 g/mol. The van der Waals surface area contributed by atoms with Crippen molar-refractivity contribution in [3.05, 3.63) is 59.3 Å². The van der Waals surface area contributed by atoms with Gasteiger partial charge < -0.3 is 10.1 Å². The molecular weight excluding hydrogens is 376 g/mol. The molecular formula is C24H30N4O2. The van der Waals surface area contributed by atoms with E-state index in [1.807, 2.05) is 42.5 Å². The van der Waals surface area contributed by atoms with Crippen molar-refractivity contribution in [2.75, 3.05) is 6.61 Å². The van der Waals surface area contributed by atoms with Crippen molar-refractivity contribution >= 4 is 11.6 Å². The summed E-state index contributed by atoms with van der Waals surface area (Å²) in [6.07, 6.45) is 5.89. The minimum absolute atomic E-state index is 0.218. The van der Waals surface area contributed by atoms with Crippen LogP contribution in [0.15, 0.2) is 36.7 Å². The molecule has 30 heavy (non-hydrogen) atoms. The number of aryl methyl sites for hydroxylation is 1. The van der Waals surface area contributed by atoms with Gasteiger partial charge in [0.25, 0.3) is 5.91 Å². The zero-order chi connectivity index (χ0) is 21.3. The highest BCUT2D eigenvalue weighted by molar-refractivity contribution is 5.98. The Labute approximate surface area is 177 Å². The molecule has 6 nitrogen and oxygen atoms in total. The summed E-state index contributed by atoms with van der Waals surface area (Å²) in [6, 6.07) is 10.0. The van der Waals surface area contributed by atoms with Crippen LogP contribution in [0.5, 0.6) is 5.75 Å². The maximum absolute atomic E-state index is 13.2. The Bertz CT molecular complexity index is 1070. The zero-order valence-electron chi connectivity index (χ0n) is 18.2. The van der Waals surface area contributed by atoms with Crippen LogP contribution in [-0.4, -0.2) is 26.9 Å².